The first-order valence-corrected chi connectivity index (χ1v) is 9.74. The van der Waals surface area contributed by atoms with E-state index in [0.29, 0.717) is 6.04 Å². The van der Waals surface area contributed by atoms with Crippen LogP contribution in [0, 0.1) is 5.41 Å². The molecule has 1 heteroatoms. The fourth-order valence-corrected chi connectivity index (χ4v) is 2.82. The van der Waals surface area contributed by atoms with Crippen molar-refractivity contribution < 1.29 is 0 Å². The Hall–Kier alpha value is -0.0400. The second-order valence-corrected chi connectivity index (χ2v) is 8.00. The number of nitrogens with two attached hydrogens (primary N) is 1. The standard InChI is InChI=1S/C20H43N/c1-5-6-7-8-9-10-11-12-13-14-15-16-17-18-19(21)20(2,3)4/h19H,5-18,21H2,1-4H3. The van der Waals surface area contributed by atoms with Crippen LogP contribution in [0.5, 0.6) is 0 Å². The van der Waals surface area contributed by atoms with Crippen molar-refractivity contribution in [3.63, 3.8) is 0 Å². The summed E-state index contributed by atoms with van der Waals surface area (Å²) in [4.78, 5) is 0. The van der Waals surface area contributed by atoms with Gasteiger partial charge in [-0.3, -0.25) is 0 Å². The minimum Gasteiger partial charge on any atom is -0.327 e. The zero-order chi connectivity index (χ0) is 16.0. The van der Waals surface area contributed by atoms with Crippen LogP contribution in [0.25, 0.3) is 0 Å². The Labute approximate surface area is 135 Å². The van der Waals surface area contributed by atoms with Crippen molar-refractivity contribution in [2.45, 2.75) is 124 Å². The van der Waals surface area contributed by atoms with Gasteiger partial charge < -0.3 is 5.73 Å². The summed E-state index contributed by atoms with van der Waals surface area (Å²) < 4.78 is 0. The SMILES string of the molecule is CCCCCCCCCCCCCCCC(N)C(C)(C)C. The van der Waals surface area contributed by atoms with E-state index in [-0.39, 0.29) is 5.41 Å². The Bertz CT molecular complexity index is 204. The lowest BCUT2D eigenvalue weighted by Gasteiger charge is -2.26. The van der Waals surface area contributed by atoms with E-state index >= 15 is 0 Å². The van der Waals surface area contributed by atoms with Gasteiger partial charge in [-0.15, -0.1) is 0 Å². The molecule has 1 atom stereocenters. The van der Waals surface area contributed by atoms with Crippen LogP contribution in [0.1, 0.15) is 118 Å². The fourth-order valence-electron chi connectivity index (χ4n) is 2.82. The Morgan fingerprint density at radius 2 is 0.952 bits per heavy atom. The van der Waals surface area contributed by atoms with Gasteiger partial charge in [0.2, 0.25) is 0 Å². The van der Waals surface area contributed by atoms with Crippen molar-refractivity contribution in [3.05, 3.63) is 0 Å². The summed E-state index contributed by atoms with van der Waals surface area (Å²) in [7, 11) is 0. The van der Waals surface area contributed by atoms with Crippen LogP contribution < -0.4 is 5.73 Å². The molecule has 1 nitrogen and oxygen atoms in total. The van der Waals surface area contributed by atoms with Gasteiger partial charge in [0.25, 0.3) is 0 Å². The van der Waals surface area contributed by atoms with Gasteiger partial charge in [0.1, 0.15) is 0 Å². The maximum absolute atomic E-state index is 6.19. The van der Waals surface area contributed by atoms with Crippen LogP contribution in [-0.2, 0) is 0 Å². The van der Waals surface area contributed by atoms with E-state index in [1.807, 2.05) is 0 Å². The molecule has 0 heterocycles. The summed E-state index contributed by atoms with van der Waals surface area (Å²) in [6.45, 7) is 9.04. The first-order chi connectivity index (χ1) is 9.98. The third kappa shape index (κ3) is 14.7. The molecule has 0 spiro atoms. The minimum atomic E-state index is 0.275. The van der Waals surface area contributed by atoms with Crippen molar-refractivity contribution in [3.8, 4) is 0 Å². The molecule has 0 amide bonds. The fraction of sp³-hybridized carbons (Fsp3) is 1.00. The van der Waals surface area contributed by atoms with Crippen molar-refractivity contribution in [2.75, 3.05) is 0 Å². The van der Waals surface area contributed by atoms with Crippen molar-refractivity contribution in [2.24, 2.45) is 11.1 Å². The van der Waals surface area contributed by atoms with Crippen LogP contribution >= 0.6 is 0 Å². The van der Waals surface area contributed by atoms with E-state index in [9.17, 15) is 0 Å². The molecule has 2 N–H and O–H groups in total. The summed E-state index contributed by atoms with van der Waals surface area (Å²) in [5.41, 5.74) is 6.46. The topological polar surface area (TPSA) is 26.0 Å². The van der Waals surface area contributed by atoms with E-state index in [2.05, 4.69) is 27.7 Å². The molecule has 0 aliphatic heterocycles. The molecule has 21 heavy (non-hydrogen) atoms. The molecular formula is C20H43N. The van der Waals surface area contributed by atoms with E-state index in [0.717, 1.165) is 0 Å². The highest BCUT2D eigenvalue weighted by Gasteiger charge is 2.19. The molecule has 0 aromatic heterocycles. The molecule has 0 fully saturated rings. The highest BCUT2D eigenvalue weighted by Crippen LogP contribution is 2.22. The van der Waals surface area contributed by atoms with Gasteiger partial charge in [0.05, 0.1) is 0 Å². The van der Waals surface area contributed by atoms with Crippen LogP contribution in [0.15, 0.2) is 0 Å². The van der Waals surface area contributed by atoms with Gasteiger partial charge >= 0.3 is 0 Å². The number of unbranched alkanes of at least 4 members (excludes halogenated alkanes) is 12. The van der Waals surface area contributed by atoms with Gasteiger partial charge in [-0.1, -0.05) is 111 Å². The summed E-state index contributed by atoms with van der Waals surface area (Å²) in [5, 5.41) is 0. The normalized spacial score (nSPS) is 13.6. The van der Waals surface area contributed by atoms with E-state index in [1.54, 1.807) is 0 Å². The lowest BCUT2D eigenvalue weighted by molar-refractivity contribution is 0.298. The molecule has 0 saturated heterocycles. The molecule has 0 rings (SSSR count). The van der Waals surface area contributed by atoms with Crippen LogP contribution in [0.4, 0.5) is 0 Å². The monoisotopic (exact) mass is 297 g/mol. The number of hydrogen-bond donors (Lipinski definition) is 1. The zero-order valence-electron chi connectivity index (χ0n) is 15.6. The van der Waals surface area contributed by atoms with Crippen molar-refractivity contribution in [1.82, 2.24) is 0 Å². The van der Waals surface area contributed by atoms with Crippen LogP contribution in [0.2, 0.25) is 0 Å². The van der Waals surface area contributed by atoms with Gasteiger partial charge in [-0.25, -0.2) is 0 Å². The maximum Gasteiger partial charge on any atom is 0.00876 e. The second kappa shape index (κ2) is 13.6. The zero-order valence-corrected chi connectivity index (χ0v) is 15.6. The molecular weight excluding hydrogens is 254 g/mol. The van der Waals surface area contributed by atoms with Gasteiger partial charge in [0, 0.05) is 6.04 Å². The highest BCUT2D eigenvalue weighted by atomic mass is 14.7. The predicted octanol–water partition coefficient (Wildman–Crippen LogP) is 6.84. The molecule has 0 aliphatic rings. The number of hydrogen-bond acceptors (Lipinski definition) is 1. The Balaban J connectivity index is 3.13. The Morgan fingerprint density at radius 3 is 1.29 bits per heavy atom. The maximum atomic E-state index is 6.19. The summed E-state index contributed by atoms with van der Waals surface area (Å²) in [6, 6.07) is 0.366. The van der Waals surface area contributed by atoms with Crippen molar-refractivity contribution >= 4 is 0 Å². The molecule has 0 bridgehead atoms. The van der Waals surface area contributed by atoms with E-state index in [4.69, 9.17) is 5.73 Å². The molecule has 0 radical (unpaired) electrons. The Morgan fingerprint density at radius 1 is 0.619 bits per heavy atom. The van der Waals surface area contributed by atoms with Gasteiger partial charge in [-0.05, 0) is 11.8 Å². The second-order valence-electron chi connectivity index (χ2n) is 8.00. The third-order valence-corrected chi connectivity index (χ3v) is 4.73. The predicted molar refractivity (Wildman–Crippen MR) is 97.7 cm³/mol. The number of rotatable bonds is 14. The molecule has 128 valence electrons. The largest absolute Gasteiger partial charge is 0.327 e. The van der Waals surface area contributed by atoms with E-state index < -0.39 is 0 Å². The van der Waals surface area contributed by atoms with Crippen LogP contribution in [-0.4, -0.2) is 6.04 Å². The molecule has 0 aromatic carbocycles. The summed E-state index contributed by atoms with van der Waals surface area (Å²) in [5.74, 6) is 0. The van der Waals surface area contributed by atoms with Gasteiger partial charge in [-0.2, -0.15) is 0 Å². The van der Waals surface area contributed by atoms with Gasteiger partial charge in [0.15, 0.2) is 0 Å². The summed E-state index contributed by atoms with van der Waals surface area (Å²) in [6.07, 6.45) is 19.7. The van der Waals surface area contributed by atoms with Crippen molar-refractivity contribution in [1.29, 1.82) is 0 Å². The molecule has 0 saturated carbocycles. The lowest BCUT2D eigenvalue weighted by atomic mass is 9.84. The highest BCUT2D eigenvalue weighted by molar-refractivity contribution is 4.76. The lowest BCUT2D eigenvalue weighted by Crippen LogP contribution is -2.34. The molecule has 0 aliphatic carbocycles. The first-order valence-electron chi connectivity index (χ1n) is 9.74. The molecule has 1 unspecified atom stereocenters. The average Bonchev–Trinajstić information content (AvgIpc) is 2.42. The molecule has 0 aromatic rings. The average molecular weight is 298 g/mol. The van der Waals surface area contributed by atoms with Crippen LogP contribution in [0.3, 0.4) is 0 Å². The first kappa shape index (κ1) is 21.0. The quantitative estimate of drug-likeness (QED) is 0.349. The minimum absolute atomic E-state index is 0.275. The Kier molecular flexibility index (Phi) is 13.6. The van der Waals surface area contributed by atoms with E-state index in [1.165, 1.54) is 89.9 Å². The summed E-state index contributed by atoms with van der Waals surface area (Å²) >= 11 is 0. The third-order valence-electron chi connectivity index (χ3n) is 4.73. The smallest absolute Gasteiger partial charge is 0.00876 e.